The van der Waals surface area contributed by atoms with Gasteiger partial charge in [-0.25, -0.2) is 0 Å². The van der Waals surface area contributed by atoms with Crippen molar-refractivity contribution in [1.29, 1.82) is 0 Å². The first-order valence-electron chi connectivity index (χ1n) is 8.12. The lowest BCUT2D eigenvalue weighted by Gasteiger charge is -2.31. The van der Waals surface area contributed by atoms with Crippen LogP contribution in [0.1, 0.15) is 17.2 Å². The number of ether oxygens (including phenoxy) is 2. The first-order chi connectivity index (χ1) is 11.3. The van der Waals surface area contributed by atoms with E-state index in [9.17, 15) is 5.11 Å². The Labute approximate surface area is 135 Å². The second kappa shape index (κ2) is 4.78. The molecule has 0 aromatic heterocycles. The minimum atomic E-state index is -1.31. The Morgan fingerprint density at radius 2 is 1.48 bits per heavy atom. The van der Waals surface area contributed by atoms with E-state index in [2.05, 4.69) is 24.3 Å². The minimum absolute atomic E-state index is 0.0212. The van der Waals surface area contributed by atoms with Gasteiger partial charge in [0.1, 0.15) is 0 Å². The Hall–Kier alpha value is -1.94. The number of hydrogen-bond acceptors (Lipinski definition) is 3. The van der Waals surface area contributed by atoms with Crippen molar-refractivity contribution in [3.05, 3.63) is 83.9 Å². The summed E-state index contributed by atoms with van der Waals surface area (Å²) in [6.07, 6.45) is 3.96. The lowest BCUT2D eigenvalue weighted by Crippen LogP contribution is -2.38. The van der Waals surface area contributed by atoms with E-state index >= 15 is 0 Å². The number of hydrogen-bond donors (Lipinski definition) is 1. The second-order valence-electron chi connectivity index (χ2n) is 6.56. The molecule has 0 unspecified atom stereocenters. The van der Waals surface area contributed by atoms with Gasteiger partial charge in [-0.15, -0.1) is 0 Å². The van der Waals surface area contributed by atoms with Crippen LogP contribution in [0.3, 0.4) is 0 Å². The summed E-state index contributed by atoms with van der Waals surface area (Å²) in [5, 5.41) is 11.5. The maximum Gasteiger partial charge on any atom is 0.199 e. The van der Waals surface area contributed by atoms with Crippen LogP contribution in [0.15, 0.2) is 72.8 Å². The normalized spacial score (nSPS) is 40.5. The number of benzene rings is 2. The van der Waals surface area contributed by atoms with Crippen molar-refractivity contribution in [2.24, 2.45) is 11.8 Å². The van der Waals surface area contributed by atoms with Crippen molar-refractivity contribution in [3.8, 4) is 0 Å². The summed E-state index contributed by atoms with van der Waals surface area (Å²) in [7, 11) is 0. The Bertz CT molecular complexity index is 742. The zero-order valence-electron chi connectivity index (χ0n) is 12.6. The Morgan fingerprint density at radius 1 is 0.826 bits per heavy atom. The third-order valence-electron chi connectivity index (χ3n) is 5.38. The average molecular weight is 306 g/mol. The summed E-state index contributed by atoms with van der Waals surface area (Å²) in [4.78, 5) is 0. The molecule has 2 aromatic rings. The van der Waals surface area contributed by atoms with E-state index in [0.29, 0.717) is 0 Å². The zero-order chi connectivity index (χ0) is 15.4. The van der Waals surface area contributed by atoms with Crippen molar-refractivity contribution in [2.75, 3.05) is 0 Å². The van der Waals surface area contributed by atoms with Crippen LogP contribution < -0.4 is 0 Å². The minimum Gasteiger partial charge on any atom is -0.366 e. The second-order valence-corrected chi connectivity index (χ2v) is 6.56. The summed E-state index contributed by atoms with van der Waals surface area (Å²) in [6, 6.07) is 19.8. The highest BCUT2D eigenvalue weighted by atomic mass is 16.6. The van der Waals surface area contributed by atoms with E-state index < -0.39 is 5.79 Å². The van der Waals surface area contributed by atoms with Crippen molar-refractivity contribution < 1.29 is 14.6 Å². The lowest BCUT2D eigenvalue weighted by atomic mass is 9.75. The van der Waals surface area contributed by atoms with Gasteiger partial charge in [-0.3, -0.25) is 0 Å². The number of rotatable bonds is 2. The largest absolute Gasteiger partial charge is 0.366 e. The first-order valence-corrected chi connectivity index (χ1v) is 8.12. The van der Waals surface area contributed by atoms with Crippen molar-refractivity contribution in [3.63, 3.8) is 0 Å². The van der Waals surface area contributed by atoms with E-state index in [-0.39, 0.29) is 30.1 Å². The van der Waals surface area contributed by atoms with Gasteiger partial charge in [-0.1, -0.05) is 72.8 Å². The van der Waals surface area contributed by atoms with Crippen LogP contribution in [-0.4, -0.2) is 17.3 Å². The van der Waals surface area contributed by atoms with E-state index in [1.165, 1.54) is 0 Å². The topological polar surface area (TPSA) is 38.7 Å². The molecule has 0 aliphatic carbocycles. The van der Waals surface area contributed by atoms with E-state index in [4.69, 9.17) is 9.47 Å². The molecule has 0 radical (unpaired) electrons. The van der Waals surface area contributed by atoms with Crippen LogP contribution in [0.4, 0.5) is 0 Å². The summed E-state index contributed by atoms with van der Waals surface area (Å²) in [5.41, 5.74) is 1.90. The van der Waals surface area contributed by atoms with Gasteiger partial charge in [0.25, 0.3) is 0 Å². The smallest absolute Gasteiger partial charge is 0.199 e. The lowest BCUT2D eigenvalue weighted by molar-refractivity contribution is -0.234. The van der Waals surface area contributed by atoms with Gasteiger partial charge >= 0.3 is 0 Å². The first kappa shape index (κ1) is 13.5. The fourth-order valence-electron chi connectivity index (χ4n) is 4.40. The third-order valence-corrected chi connectivity index (χ3v) is 5.38. The SMILES string of the molecule is O[C@]1(c2ccccc2)O[C@H](c2ccccc2)[C@@H]2[C@H]1[C@H]1C=C[C@@H]2O1. The molecular weight excluding hydrogens is 288 g/mol. The highest BCUT2D eigenvalue weighted by Gasteiger charge is 2.65. The fourth-order valence-corrected chi connectivity index (χ4v) is 4.40. The molecule has 116 valence electrons. The van der Waals surface area contributed by atoms with Gasteiger partial charge in [-0.05, 0) is 5.56 Å². The maximum absolute atomic E-state index is 11.5. The Morgan fingerprint density at radius 3 is 2.22 bits per heavy atom. The van der Waals surface area contributed by atoms with Crippen molar-refractivity contribution in [1.82, 2.24) is 0 Å². The summed E-state index contributed by atoms with van der Waals surface area (Å²) in [6.45, 7) is 0. The summed E-state index contributed by atoms with van der Waals surface area (Å²) >= 11 is 0. The van der Waals surface area contributed by atoms with E-state index in [1.54, 1.807) is 0 Å². The van der Waals surface area contributed by atoms with Crippen LogP contribution in [-0.2, 0) is 15.3 Å². The molecule has 23 heavy (non-hydrogen) atoms. The van der Waals surface area contributed by atoms with Gasteiger partial charge in [0, 0.05) is 11.5 Å². The molecule has 3 aliphatic heterocycles. The molecule has 0 spiro atoms. The molecular formula is C20H18O3. The van der Waals surface area contributed by atoms with Crippen LogP contribution in [0, 0.1) is 11.8 Å². The molecule has 3 aliphatic rings. The molecule has 3 heterocycles. The van der Waals surface area contributed by atoms with Gasteiger partial charge < -0.3 is 14.6 Å². The predicted octanol–water partition coefficient (Wildman–Crippen LogP) is 3.17. The molecule has 2 saturated heterocycles. The van der Waals surface area contributed by atoms with E-state index in [0.717, 1.165) is 11.1 Å². The van der Waals surface area contributed by atoms with Gasteiger partial charge in [0.15, 0.2) is 5.79 Å². The fraction of sp³-hybridized carbons (Fsp3) is 0.300. The van der Waals surface area contributed by atoms with Crippen molar-refractivity contribution in [2.45, 2.75) is 24.1 Å². The van der Waals surface area contributed by atoms with Crippen LogP contribution in [0.2, 0.25) is 0 Å². The predicted molar refractivity (Wildman–Crippen MR) is 85.4 cm³/mol. The Balaban J connectivity index is 1.63. The van der Waals surface area contributed by atoms with Gasteiger partial charge in [0.05, 0.1) is 24.2 Å². The van der Waals surface area contributed by atoms with Gasteiger partial charge in [-0.2, -0.15) is 0 Å². The highest BCUT2D eigenvalue weighted by Crippen LogP contribution is 2.60. The Kier molecular flexibility index (Phi) is 2.80. The van der Waals surface area contributed by atoms with Crippen molar-refractivity contribution >= 4 is 0 Å². The monoisotopic (exact) mass is 306 g/mol. The van der Waals surface area contributed by atoms with Crippen LogP contribution in [0.25, 0.3) is 0 Å². The standard InChI is InChI=1S/C20H18O3/c21-20(14-9-5-2-6-10-14)18-16-12-11-15(22-16)17(18)19(23-20)13-7-3-1-4-8-13/h1-12,15-19,21H/t15-,16+,17-,18+,19+,20+/m0/s1. The molecule has 2 aromatic carbocycles. The zero-order valence-corrected chi connectivity index (χ0v) is 12.6. The summed E-state index contributed by atoms with van der Waals surface area (Å²) < 4.78 is 12.4. The molecule has 5 rings (SSSR count). The van der Waals surface area contributed by atoms with Gasteiger partial charge in [0.2, 0.25) is 0 Å². The highest BCUT2D eigenvalue weighted by molar-refractivity contribution is 5.32. The molecule has 3 heteroatoms. The summed E-state index contributed by atoms with van der Waals surface area (Å²) in [5.74, 6) is -1.25. The average Bonchev–Trinajstić information content (AvgIpc) is 3.30. The molecule has 3 nitrogen and oxygen atoms in total. The molecule has 1 N–H and O–H groups in total. The molecule has 0 saturated carbocycles. The number of fused-ring (bicyclic) bond motifs is 5. The van der Waals surface area contributed by atoms with Crippen LogP contribution >= 0.6 is 0 Å². The maximum atomic E-state index is 11.5. The number of aliphatic hydroxyl groups is 1. The van der Waals surface area contributed by atoms with Crippen LogP contribution in [0.5, 0.6) is 0 Å². The third kappa shape index (κ3) is 1.81. The molecule has 6 atom stereocenters. The molecule has 0 amide bonds. The van der Waals surface area contributed by atoms with E-state index in [1.807, 2.05) is 48.5 Å². The molecule has 2 bridgehead atoms. The quantitative estimate of drug-likeness (QED) is 0.866. The molecule has 2 fully saturated rings.